The van der Waals surface area contributed by atoms with Gasteiger partial charge < -0.3 is 24.9 Å². The van der Waals surface area contributed by atoms with Crippen LogP contribution in [0.4, 0.5) is 15.9 Å². The fourth-order valence-electron chi connectivity index (χ4n) is 3.77. The molecule has 4 rings (SSSR count). The van der Waals surface area contributed by atoms with Gasteiger partial charge in [0, 0.05) is 44.5 Å². The molecule has 7 nitrogen and oxygen atoms in total. The summed E-state index contributed by atoms with van der Waals surface area (Å²) < 4.78 is 18.7. The van der Waals surface area contributed by atoms with Crippen LogP contribution in [0, 0.1) is 5.82 Å². The smallest absolute Gasteiger partial charge is 0.270 e. The Bertz CT molecular complexity index is 1010. The van der Waals surface area contributed by atoms with Gasteiger partial charge in [-0.2, -0.15) is 0 Å². The van der Waals surface area contributed by atoms with Crippen molar-refractivity contribution in [1.29, 1.82) is 0 Å². The number of nitrogens with zero attached hydrogens (tertiary/aromatic N) is 3. The summed E-state index contributed by atoms with van der Waals surface area (Å²) >= 11 is 0. The zero-order chi connectivity index (χ0) is 21.6. The molecule has 1 aliphatic heterocycles. The third kappa shape index (κ3) is 5.39. The Labute approximate surface area is 181 Å². The lowest BCUT2D eigenvalue weighted by molar-refractivity contribution is 0.0943. The van der Waals surface area contributed by atoms with Gasteiger partial charge in [0.1, 0.15) is 22.9 Å². The van der Waals surface area contributed by atoms with Gasteiger partial charge in [0.15, 0.2) is 0 Å². The Balaban J connectivity index is 1.35. The van der Waals surface area contributed by atoms with Gasteiger partial charge in [-0.3, -0.25) is 4.79 Å². The Hall–Kier alpha value is -2.97. The molecule has 0 unspecified atom stereocenters. The average molecular weight is 426 g/mol. The molecule has 8 heteroatoms. The summed E-state index contributed by atoms with van der Waals surface area (Å²) in [6.45, 7) is 9.24. The van der Waals surface area contributed by atoms with Crippen LogP contribution in [0.25, 0.3) is 11.0 Å². The van der Waals surface area contributed by atoms with Crippen LogP contribution in [0.15, 0.2) is 47.1 Å². The summed E-state index contributed by atoms with van der Waals surface area (Å²) in [6.07, 6.45) is 2.45. The summed E-state index contributed by atoms with van der Waals surface area (Å²) in [5, 5.41) is 6.86. The summed E-state index contributed by atoms with van der Waals surface area (Å²) in [4.78, 5) is 22.1. The van der Waals surface area contributed by atoms with E-state index < -0.39 is 0 Å². The van der Waals surface area contributed by atoms with Crippen molar-refractivity contribution in [3.63, 3.8) is 0 Å². The van der Waals surface area contributed by atoms with E-state index in [1.54, 1.807) is 30.5 Å². The molecule has 3 aromatic rings. The lowest BCUT2D eigenvalue weighted by Gasteiger charge is -2.33. The van der Waals surface area contributed by atoms with Crippen molar-refractivity contribution < 1.29 is 13.6 Å². The molecule has 31 heavy (non-hydrogen) atoms. The van der Waals surface area contributed by atoms with Crippen molar-refractivity contribution in [2.24, 2.45) is 0 Å². The second-order valence-electron chi connectivity index (χ2n) is 7.71. The van der Waals surface area contributed by atoms with E-state index >= 15 is 0 Å². The van der Waals surface area contributed by atoms with Crippen LogP contribution in [-0.2, 0) is 0 Å². The summed E-state index contributed by atoms with van der Waals surface area (Å²) in [5.41, 5.74) is 1.53. The van der Waals surface area contributed by atoms with Crippen LogP contribution in [0.2, 0.25) is 0 Å². The first-order valence-electron chi connectivity index (χ1n) is 10.8. The highest BCUT2D eigenvalue weighted by Crippen LogP contribution is 2.26. The molecule has 1 fully saturated rings. The minimum atomic E-state index is -0.313. The van der Waals surface area contributed by atoms with E-state index in [2.05, 4.69) is 32.3 Å². The first-order chi connectivity index (χ1) is 15.1. The lowest BCUT2D eigenvalue weighted by Crippen LogP contribution is -2.46. The number of rotatable bonds is 8. The maximum absolute atomic E-state index is 13.2. The van der Waals surface area contributed by atoms with E-state index in [0.29, 0.717) is 23.6 Å². The largest absolute Gasteiger partial charge is 0.464 e. The molecule has 0 spiro atoms. The number of benzene rings is 1. The molecule has 0 aliphatic carbocycles. The van der Waals surface area contributed by atoms with Crippen LogP contribution in [0.3, 0.4) is 0 Å². The number of fused-ring (bicyclic) bond motifs is 1. The highest BCUT2D eigenvalue weighted by Gasteiger charge is 2.16. The van der Waals surface area contributed by atoms with Crippen molar-refractivity contribution in [2.45, 2.75) is 13.3 Å². The number of pyridine rings is 1. The molecule has 1 aliphatic rings. The molecule has 0 radical (unpaired) electrons. The van der Waals surface area contributed by atoms with Gasteiger partial charge in [0.25, 0.3) is 5.91 Å². The van der Waals surface area contributed by atoms with E-state index in [-0.39, 0.29) is 17.4 Å². The molecule has 1 saturated heterocycles. The predicted molar refractivity (Wildman–Crippen MR) is 119 cm³/mol. The number of furan rings is 1. The van der Waals surface area contributed by atoms with Gasteiger partial charge in [-0.25, -0.2) is 9.37 Å². The number of hydrogen-bond acceptors (Lipinski definition) is 6. The Morgan fingerprint density at radius 2 is 1.87 bits per heavy atom. The van der Waals surface area contributed by atoms with Gasteiger partial charge in [-0.15, -0.1) is 0 Å². The molecule has 0 bridgehead atoms. The van der Waals surface area contributed by atoms with Crippen LogP contribution in [0.5, 0.6) is 0 Å². The molecule has 1 amide bonds. The molecule has 2 N–H and O–H groups in total. The number of anilines is 2. The molecular weight excluding hydrogens is 397 g/mol. The van der Waals surface area contributed by atoms with Crippen molar-refractivity contribution in [2.75, 3.05) is 51.1 Å². The van der Waals surface area contributed by atoms with Crippen molar-refractivity contribution in [3.8, 4) is 0 Å². The van der Waals surface area contributed by atoms with Crippen LogP contribution < -0.4 is 10.6 Å². The predicted octanol–water partition coefficient (Wildman–Crippen LogP) is 3.47. The summed E-state index contributed by atoms with van der Waals surface area (Å²) in [7, 11) is 0. The fourth-order valence-corrected chi connectivity index (χ4v) is 3.77. The Morgan fingerprint density at radius 1 is 1.13 bits per heavy atom. The molecule has 164 valence electrons. The first kappa shape index (κ1) is 21.3. The number of likely N-dealkylation sites (N-methyl/N-ethyl adjacent to an activating group) is 1. The number of piperazine rings is 1. The monoisotopic (exact) mass is 425 g/mol. The molecule has 1 aromatic carbocycles. The number of carbonyl (C=O) groups is 1. The average Bonchev–Trinajstić information content (AvgIpc) is 3.27. The molecular formula is C23H28FN5O2. The first-order valence-corrected chi connectivity index (χ1v) is 10.8. The minimum absolute atomic E-state index is 0.240. The third-order valence-electron chi connectivity index (χ3n) is 5.64. The lowest BCUT2D eigenvalue weighted by atomic mass is 10.2. The van der Waals surface area contributed by atoms with Crippen molar-refractivity contribution >= 4 is 28.4 Å². The number of nitrogens with one attached hydrogen (secondary N) is 2. The molecule has 3 heterocycles. The second-order valence-corrected chi connectivity index (χ2v) is 7.71. The van der Waals surface area contributed by atoms with Crippen LogP contribution >= 0.6 is 0 Å². The quantitative estimate of drug-likeness (QED) is 0.539. The van der Waals surface area contributed by atoms with E-state index in [9.17, 15) is 9.18 Å². The summed E-state index contributed by atoms with van der Waals surface area (Å²) in [6, 6.07) is 9.41. The second kappa shape index (κ2) is 9.89. The fraction of sp³-hybridized carbons (Fsp3) is 0.391. The van der Waals surface area contributed by atoms with Gasteiger partial charge in [-0.05, 0) is 49.8 Å². The van der Waals surface area contributed by atoms with Gasteiger partial charge in [0.2, 0.25) is 0 Å². The van der Waals surface area contributed by atoms with E-state index in [1.807, 2.05) is 0 Å². The Kier molecular flexibility index (Phi) is 6.79. The maximum Gasteiger partial charge on any atom is 0.270 e. The summed E-state index contributed by atoms with van der Waals surface area (Å²) in [5.74, 6) is -0.0552. The van der Waals surface area contributed by atoms with Crippen LogP contribution in [-0.4, -0.2) is 66.5 Å². The zero-order valence-corrected chi connectivity index (χ0v) is 17.7. The van der Waals surface area contributed by atoms with Gasteiger partial charge >= 0.3 is 0 Å². The van der Waals surface area contributed by atoms with Crippen molar-refractivity contribution in [3.05, 3.63) is 54.2 Å². The number of hydrogen-bond donors (Lipinski definition) is 2. The van der Waals surface area contributed by atoms with E-state index in [1.165, 1.54) is 12.1 Å². The van der Waals surface area contributed by atoms with E-state index in [0.717, 1.165) is 51.1 Å². The molecule has 0 saturated carbocycles. The Morgan fingerprint density at radius 3 is 2.61 bits per heavy atom. The highest BCUT2D eigenvalue weighted by molar-refractivity contribution is 5.99. The van der Waals surface area contributed by atoms with E-state index in [4.69, 9.17) is 4.42 Å². The zero-order valence-electron chi connectivity index (χ0n) is 17.7. The SMILES string of the molecule is CCN1CCN(CCCNC(=O)c2cc3occc3c(Nc3ccc(F)cc3)n2)CC1. The maximum atomic E-state index is 13.2. The standard InChI is InChI=1S/C23H28FN5O2/c1-2-28-11-13-29(14-12-28)10-3-9-25-23(30)20-16-21-19(8-15-31-21)22(27-20)26-18-6-4-17(24)5-7-18/h4-8,15-16H,2-3,9-14H2,1H3,(H,25,30)(H,26,27). The van der Waals surface area contributed by atoms with Gasteiger partial charge in [-0.1, -0.05) is 6.92 Å². The third-order valence-corrected chi connectivity index (χ3v) is 5.64. The minimum Gasteiger partial charge on any atom is -0.464 e. The molecule has 0 atom stereocenters. The molecule has 2 aromatic heterocycles. The topological polar surface area (TPSA) is 73.6 Å². The number of amides is 1. The normalized spacial score (nSPS) is 15.3. The number of aromatic nitrogens is 1. The number of halogens is 1. The van der Waals surface area contributed by atoms with Gasteiger partial charge in [0.05, 0.1) is 11.6 Å². The number of carbonyl (C=O) groups excluding carboxylic acids is 1. The highest BCUT2D eigenvalue weighted by atomic mass is 19.1. The van der Waals surface area contributed by atoms with Crippen LogP contribution in [0.1, 0.15) is 23.8 Å². The van der Waals surface area contributed by atoms with Crippen molar-refractivity contribution in [1.82, 2.24) is 20.1 Å².